The lowest BCUT2D eigenvalue weighted by atomic mass is 10.1. The molecule has 3 nitrogen and oxygen atoms in total. The quantitative estimate of drug-likeness (QED) is 0.423. The lowest BCUT2D eigenvalue weighted by molar-refractivity contribution is 0.394. The molecule has 0 fully saturated rings. The average Bonchev–Trinajstić information content (AvgIpc) is 1.97. The Kier molecular flexibility index (Phi) is 1.89. The second kappa shape index (κ2) is 2.70. The van der Waals surface area contributed by atoms with Crippen molar-refractivity contribution in [2.75, 3.05) is 0 Å². The number of phenols is 3. The van der Waals surface area contributed by atoms with Gasteiger partial charge < -0.3 is 15.3 Å². The molecule has 0 heterocycles. The van der Waals surface area contributed by atoms with Crippen molar-refractivity contribution in [1.82, 2.24) is 0 Å². The Balaban J connectivity index is 3.21. The zero-order valence-electron chi connectivity index (χ0n) is 6.20. The third-order valence-corrected chi connectivity index (χ3v) is 1.56. The van der Waals surface area contributed by atoms with Crippen LogP contribution in [-0.4, -0.2) is 15.3 Å². The number of rotatable bonds is 1. The van der Waals surface area contributed by atoms with Crippen LogP contribution in [0, 0.1) is 0 Å². The molecular formula is C8H10O3. The summed E-state index contributed by atoms with van der Waals surface area (Å²) >= 11 is 0. The Morgan fingerprint density at radius 1 is 1.00 bits per heavy atom. The van der Waals surface area contributed by atoms with E-state index in [4.69, 9.17) is 15.3 Å². The van der Waals surface area contributed by atoms with Crippen molar-refractivity contribution in [2.24, 2.45) is 0 Å². The van der Waals surface area contributed by atoms with Crippen LogP contribution in [0.5, 0.6) is 17.2 Å². The van der Waals surface area contributed by atoms with E-state index in [1.54, 1.807) is 0 Å². The van der Waals surface area contributed by atoms with Gasteiger partial charge in [0.05, 0.1) is 0 Å². The maximum atomic E-state index is 9.14. The minimum atomic E-state index is -0.292. The number of aryl methyl sites for hydroxylation is 1. The molecule has 1 rings (SSSR count). The fourth-order valence-electron chi connectivity index (χ4n) is 0.892. The molecular weight excluding hydrogens is 144 g/mol. The van der Waals surface area contributed by atoms with E-state index in [-0.39, 0.29) is 17.2 Å². The summed E-state index contributed by atoms with van der Waals surface area (Å²) in [5.41, 5.74) is 0.625. The smallest absolute Gasteiger partial charge is 0.161 e. The van der Waals surface area contributed by atoms with Crippen LogP contribution in [0.1, 0.15) is 12.5 Å². The van der Waals surface area contributed by atoms with Gasteiger partial charge in [-0.25, -0.2) is 0 Å². The minimum Gasteiger partial charge on any atom is -0.508 e. The van der Waals surface area contributed by atoms with E-state index in [0.717, 1.165) is 6.07 Å². The lowest BCUT2D eigenvalue weighted by Gasteiger charge is -2.03. The van der Waals surface area contributed by atoms with E-state index in [1.165, 1.54) is 6.07 Å². The fourth-order valence-corrected chi connectivity index (χ4v) is 0.892. The van der Waals surface area contributed by atoms with Crippen molar-refractivity contribution >= 4 is 0 Å². The highest BCUT2D eigenvalue weighted by Crippen LogP contribution is 2.31. The van der Waals surface area contributed by atoms with Crippen LogP contribution in [0.25, 0.3) is 0 Å². The topological polar surface area (TPSA) is 60.7 Å². The number of aromatic hydroxyl groups is 3. The van der Waals surface area contributed by atoms with E-state index >= 15 is 0 Å². The van der Waals surface area contributed by atoms with Crippen molar-refractivity contribution in [2.45, 2.75) is 13.3 Å². The molecule has 1 aromatic rings. The monoisotopic (exact) mass is 154 g/mol. The maximum absolute atomic E-state index is 9.14. The molecule has 0 radical (unpaired) electrons. The Labute approximate surface area is 64.5 Å². The number of hydrogen-bond acceptors (Lipinski definition) is 3. The maximum Gasteiger partial charge on any atom is 0.161 e. The summed E-state index contributed by atoms with van der Waals surface area (Å²) in [6.45, 7) is 1.85. The second-order valence-corrected chi connectivity index (χ2v) is 2.32. The molecule has 0 aliphatic heterocycles. The molecule has 3 N–H and O–H groups in total. The van der Waals surface area contributed by atoms with Crippen LogP contribution in [0.3, 0.4) is 0 Å². The molecule has 0 saturated carbocycles. The second-order valence-electron chi connectivity index (χ2n) is 2.32. The van der Waals surface area contributed by atoms with Gasteiger partial charge in [0.2, 0.25) is 0 Å². The molecule has 0 aliphatic carbocycles. The highest BCUT2D eigenvalue weighted by molar-refractivity contribution is 5.48. The van der Waals surface area contributed by atoms with E-state index in [9.17, 15) is 0 Å². The molecule has 0 amide bonds. The van der Waals surface area contributed by atoms with Crippen LogP contribution in [-0.2, 0) is 6.42 Å². The van der Waals surface area contributed by atoms with Crippen molar-refractivity contribution < 1.29 is 15.3 Å². The van der Waals surface area contributed by atoms with Gasteiger partial charge >= 0.3 is 0 Å². The van der Waals surface area contributed by atoms with E-state index < -0.39 is 0 Å². The van der Waals surface area contributed by atoms with Crippen molar-refractivity contribution in [3.05, 3.63) is 17.7 Å². The normalized spacial score (nSPS) is 9.91. The minimum absolute atomic E-state index is 0.0165. The highest BCUT2D eigenvalue weighted by atomic mass is 16.3. The summed E-state index contributed by atoms with van der Waals surface area (Å²) in [7, 11) is 0. The molecule has 60 valence electrons. The molecule has 0 aromatic heterocycles. The van der Waals surface area contributed by atoms with Crippen LogP contribution in [0.15, 0.2) is 12.1 Å². The summed E-state index contributed by atoms with van der Waals surface area (Å²) in [4.78, 5) is 0. The van der Waals surface area contributed by atoms with Gasteiger partial charge in [0.15, 0.2) is 11.5 Å². The molecule has 0 aliphatic rings. The largest absolute Gasteiger partial charge is 0.508 e. The number of hydrogen-bond donors (Lipinski definition) is 3. The van der Waals surface area contributed by atoms with Crippen molar-refractivity contribution in [1.29, 1.82) is 0 Å². The average molecular weight is 154 g/mol. The Bertz CT molecular complexity index is 268. The Morgan fingerprint density at radius 2 is 1.55 bits per heavy atom. The summed E-state index contributed by atoms with van der Waals surface area (Å²) in [5, 5.41) is 27.0. The molecule has 1 aromatic carbocycles. The molecule has 3 heteroatoms. The van der Waals surface area contributed by atoms with Gasteiger partial charge in [0.25, 0.3) is 0 Å². The van der Waals surface area contributed by atoms with Crippen LogP contribution < -0.4 is 0 Å². The van der Waals surface area contributed by atoms with Crippen molar-refractivity contribution in [3.8, 4) is 17.2 Å². The first-order valence-corrected chi connectivity index (χ1v) is 3.39. The molecule has 0 spiro atoms. The van der Waals surface area contributed by atoms with Gasteiger partial charge in [0.1, 0.15) is 5.75 Å². The van der Waals surface area contributed by atoms with Gasteiger partial charge in [-0.05, 0) is 18.1 Å². The summed E-state index contributed by atoms with van der Waals surface area (Å²) in [6.07, 6.45) is 0.625. The fraction of sp³-hybridized carbons (Fsp3) is 0.250. The predicted molar refractivity (Wildman–Crippen MR) is 40.8 cm³/mol. The van der Waals surface area contributed by atoms with Gasteiger partial charge in [-0.3, -0.25) is 0 Å². The van der Waals surface area contributed by atoms with Gasteiger partial charge in [-0.1, -0.05) is 6.92 Å². The standard InChI is InChI=1S/C8H10O3/c1-2-5-3-7(10)8(11)4-6(5)9/h3-4,9-11H,2H2,1H3. The molecule has 11 heavy (non-hydrogen) atoms. The summed E-state index contributed by atoms with van der Waals surface area (Å²) in [6, 6.07) is 2.48. The van der Waals surface area contributed by atoms with E-state index in [1.807, 2.05) is 6.92 Å². The predicted octanol–water partition coefficient (Wildman–Crippen LogP) is 1.37. The first-order chi connectivity index (χ1) is 5.15. The summed E-state index contributed by atoms with van der Waals surface area (Å²) < 4.78 is 0. The third kappa shape index (κ3) is 1.37. The summed E-state index contributed by atoms with van der Waals surface area (Å²) in [5.74, 6) is -0.470. The molecule has 0 atom stereocenters. The number of phenolic OH excluding ortho intramolecular Hbond substituents is 3. The lowest BCUT2D eigenvalue weighted by Crippen LogP contribution is -1.80. The highest BCUT2D eigenvalue weighted by Gasteiger charge is 2.04. The zero-order valence-corrected chi connectivity index (χ0v) is 6.20. The first-order valence-electron chi connectivity index (χ1n) is 3.39. The van der Waals surface area contributed by atoms with E-state index in [2.05, 4.69) is 0 Å². The first kappa shape index (κ1) is 7.72. The van der Waals surface area contributed by atoms with E-state index in [0.29, 0.717) is 12.0 Å². The van der Waals surface area contributed by atoms with Crippen LogP contribution in [0.2, 0.25) is 0 Å². The van der Waals surface area contributed by atoms with Crippen molar-refractivity contribution in [3.63, 3.8) is 0 Å². The third-order valence-electron chi connectivity index (χ3n) is 1.56. The van der Waals surface area contributed by atoms with Gasteiger partial charge in [0, 0.05) is 6.07 Å². The zero-order chi connectivity index (χ0) is 8.43. The SMILES string of the molecule is CCc1cc(O)c(O)cc1O. The van der Waals surface area contributed by atoms with Crippen LogP contribution in [0.4, 0.5) is 0 Å². The molecule has 0 unspecified atom stereocenters. The van der Waals surface area contributed by atoms with Crippen LogP contribution >= 0.6 is 0 Å². The molecule has 0 bridgehead atoms. The van der Waals surface area contributed by atoms with Gasteiger partial charge in [-0.15, -0.1) is 0 Å². The Morgan fingerprint density at radius 3 is 2.09 bits per heavy atom. The van der Waals surface area contributed by atoms with Gasteiger partial charge in [-0.2, -0.15) is 0 Å². The Hall–Kier alpha value is -1.38. The molecule has 0 saturated heterocycles. The number of benzene rings is 1.